The van der Waals surface area contributed by atoms with Crippen molar-refractivity contribution in [3.8, 4) is 12.1 Å². The van der Waals surface area contributed by atoms with E-state index in [0.29, 0.717) is 11.1 Å². The lowest BCUT2D eigenvalue weighted by Crippen LogP contribution is -1.95. The van der Waals surface area contributed by atoms with Gasteiger partial charge in [-0.25, -0.2) is 0 Å². The minimum Gasteiger partial charge on any atom is -0.177 e. The van der Waals surface area contributed by atoms with Crippen molar-refractivity contribution in [3.63, 3.8) is 0 Å². The van der Waals surface area contributed by atoms with Crippen LogP contribution in [-0.2, 0) is 0 Å². The molecule has 0 radical (unpaired) electrons. The van der Waals surface area contributed by atoms with Gasteiger partial charge >= 0.3 is 12.1 Å². The molecule has 0 bridgehead atoms. The summed E-state index contributed by atoms with van der Waals surface area (Å²) in [6.45, 7) is 5.63. The first kappa shape index (κ1) is 10.9. The lowest BCUT2D eigenvalue weighted by Gasteiger charge is -2.03. The smallest absolute Gasteiger partial charge is 0.177 e. The number of rotatable bonds is 0. The summed E-state index contributed by atoms with van der Waals surface area (Å²) in [5.41, 5.74) is 4.10. The van der Waals surface area contributed by atoms with Gasteiger partial charge in [-0.15, -0.1) is 0 Å². The topological polar surface area (TPSA) is 49.2 Å². The van der Waals surface area contributed by atoms with Gasteiger partial charge in [0.2, 0.25) is 10.0 Å². The standard InChI is InChI=1S/C11H10N2O2/c1-7-4-8(2)11(6-13-15)9(3)10(7)5-12-14/h4H,1-3H3/p+2. The van der Waals surface area contributed by atoms with E-state index < -0.39 is 0 Å². The lowest BCUT2D eigenvalue weighted by molar-refractivity contribution is 0.464. The molecular formula is C11H12N2O2+2. The maximum absolute atomic E-state index is 8.48. The molecule has 0 aromatic heterocycles. The summed E-state index contributed by atoms with van der Waals surface area (Å²) in [5.74, 6) is 0. The van der Waals surface area contributed by atoms with Crippen molar-refractivity contribution >= 4 is 0 Å². The lowest BCUT2D eigenvalue weighted by atomic mass is 9.95. The molecule has 0 atom stereocenters. The van der Waals surface area contributed by atoms with Gasteiger partial charge in [-0.05, 0) is 37.5 Å². The molecule has 0 aliphatic carbocycles. The maximum atomic E-state index is 8.48. The Labute approximate surface area is 88.0 Å². The van der Waals surface area contributed by atoms with Crippen LogP contribution in [0.25, 0.3) is 10.0 Å². The Bertz CT molecular complexity index is 469. The van der Waals surface area contributed by atoms with Crippen molar-refractivity contribution in [2.45, 2.75) is 20.8 Å². The fourth-order valence-electron chi connectivity index (χ4n) is 1.63. The number of benzene rings is 1. The number of nitrogens with zero attached hydrogens (tertiary/aromatic N) is 2. The monoisotopic (exact) mass is 204 g/mol. The van der Waals surface area contributed by atoms with E-state index in [4.69, 9.17) is 10.4 Å². The van der Waals surface area contributed by atoms with Gasteiger partial charge in [0.1, 0.15) is 11.1 Å². The van der Waals surface area contributed by atoms with Crippen molar-refractivity contribution in [1.29, 1.82) is 0 Å². The molecule has 15 heavy (non-hydrogen) atoms. The van der Waals surface area contributed by atoms with Crippen LogP contribution in [0.1, 0.15) is 27.8 Å². The largest absolute Gasteiger partial charge is 0.388 e. The zero-order chi connectivity index (χ0) is 11.4. The van der Waals surface area contributed by atoms with Crippen molar-refractivity contribution in [1.82, 2.24) is 0 Å². The molecule has 0 amide bonds. The van der Waals surface area contributed by atoms with Gasteiger partial charge in [-0.2, -0.15) is 10.4 Å². The third kappa shape index (κ3) is 2.00. The van der Waals surface area contributed by atoms with E-state index >= 15 is 0 Å². The summed E-state index contributed by atoms with van der Waals surface area (Å²) in [7, 11) is 0. The van der Waals surface area contributed by atoms with E-state index in [9.17, 15) is 0 Å². The molecule has 0 unspecified atom stereocenters. The van der Waals surface area contributed by atoms with Gasteiger partial charge in [0, 0.05) is 0 Å². The van der Waals surface area contributed by atoms with Crippen LogP contribution in [-0.4, -0.2) is 10.4 Å². The predicted molar refractivity (Wildman–Crippen MR) is 56.9 cm³/mol. The Balaban J connectivity index is 3.58. The summed E-state index contributed by atoms with van der Waals surface area (Å²) in [5, 5.41) is 22.7. The third-order valence-electron chi connectivity index (χ3n) is 2.30. The third-order valence-corrected chi connectivity index (χ3v) is 2.30. The zero-order valence-electron chi connectivity index (χ0n) is 8.87. The average Bonchev–Trinajstić information content (AvgIpc) is 2.19. The molecule has 4 heteroatoms. The second-order valence-electron chi connectivity index (χ2n) is 3.31. The summed E-state index contributed by atoms with van der Waals surface area (Å²) >= 11 is 0. The first-order chi connectivity index (χ1) is 7.11. The van der Waals surface area contributed by atoms with Crippen LogP contribution in [0.5, 0.6) is 0 Å². The number of hydrogen-bond donors (Lipinski definition) is 2. The van der Waals surface area contributed by atoms with Crippen LogP contribution in [0.4, 0.5) is 0 Å². The van der Waals surface area contributed by atoms with Gasteiger partial charge in [0.15, 0.2) is 0 Å². The zero-order valence-corrected chi connectivity index (χ0v) is 8.87. The highest BCUT2D eigenvalue weighted by molar-refractivity contribution is 5.56. The summed E-state index contributed by atoms with van der Waals surface area (Å²) < 4.78 is 0. The Morgan fingerprint density at radius 3 is 1.67 bits per heavy atom. The normalized spacial score (nSPS) is 8.47. The highest BCUT2D eigenvalue weighted by atomic mass is 16.4. The minimum absolute atomic E-state index is 0.689. The average molecular weight is 204 g/mol. The van der Waals surface area contributed by atoms with Crippen LogP contribution in [0.3, 0.4) is 0 Å². The molecule has 0 saturated carbocycles. The molecule has 0 fully saturated rings. The van der Waals surface area contributed by atoms with E-state index in [1.165, 1.54) is 0 Å². The SMILES string of the molecule is Cc1cc(C)c(C#[N+]O)c(C)c1C#[N+]O. The minimum atomic E-state index is 0.689. The predicted octanol–water partition coefficient (Wildman–Crippen LogP) is 2.75. The highest BCUT2D eigenvalue weighted by Gasteiger charge is 2.16. The molecule has 1 aromatic rings. The van der Waals surface area contributed by atoms with Crippen LogP contribution >= 0.6 is 0 Å². The maximum Gasteiger partial charge on any atom is 0.388 e. The molecule has 4 nitrogen and oxygen atoms in total. The Morgan fingerprint density at radius 1 is 0.933 bits per heavy atom. The van der Waals surface area contributed by atoms with Gasteiger partial charge in [-0.1, -0.05) is 6.07 Å². The van der Waals surface area contributed by atoms with Crippen LogP contribution in [0.2, 0.25) is 0 Å². The molecule has 0 spiro atoms. The summed E-state index contributed by atoms with van der Waals surface area (Å²) in [4.78, 5) is 0. The van der Waals surface area contributed by atoms with Gasteiger partial charge in [0.05, 0.1) is 0 Å². The van der Waals surface area contributed by atoms with Crippen molar-refractivity contribution in [2.75, 3.05) is 0 Å². The molecule has 76 valence electrons. The molecule has 0 saturated heterocycles. The quantitative estimate of drug-likeness (QED) is 0.638. The van der Waals surface area contributed by atoms with Crippen molar-refractivity contribution < 1.29 is 10.4 Å². The number of aryl methyl sites for hydroxylation is 2. The molecule has 1 aromatic carbocycles. The first-order valence-electron chi connectivity index (χ1n) is 4.42. The Kier molecular flexibility index (Phi) is 3.15. The van der Waals surface area contributed by atoms with Crippen LogP contribution in [0, 0.1) is 32.9 Å². The molecule has 0 heterocycles. The molecule has 0 aliphatic heterocycles. The van der Waals surface area contributed by atoms with E-state index in [-0.39, 0.29) is 0 Å². The Hall–Kier alpha value is -2.20. The molecule has 0 aliphatic rings. The highest BCUT2D eigenvalue weighted by Crippen LogP contribution is 2.20. The van der Waals surface area contributed by atoms with Gasteiger partial charge in [0.25, 0.3) is 0 Å². The van der Waals surface area contributed by atoms with Gasteiger partial charge < -0.3 is 0 Å². The first-order valence-corrected chi connectivity index (χ1v) is 4.42. The van der Waals surface area contributed by atoms with E-state index in [1.807, 2.05) is 26.8 Å². The van der Waals surface area contributed by atoms with Crippen molar-refractivity contribution in [3.05, 3.63) is 43.9 Å². The molecule has 2 N–H and O–H groups in total. The molecule has 1 rings (SSSR count). The van der Waals surface area contributed by atoms with Crippen molar-refractivity contribution in [2.24, 2.45) is 0 Å². The Morgan fingerprint density at radius 2 is 1.33 bits per heavy atom. The fraction of sp³-hybridized carbons (Fsp3) is 0.273. The summed E-state index contributed by atoms with van der Waals surface area (Å²) in [6.07, 6.45) is 0. The number of hydrogen-bond acceptors (Lipinski definition) is 2. The second kappa shape index (κ2) is 4.34. The fourth-order valence-corrected chi connectivity index (χ4v) is 1.63. The van der Waals surface area contributed by atoms with Crippen LogP contribution < -0.4 is 0 Å². The van der Waals surface area contributed by atoms with E-state index in [2.05, 4.69) is 22.2 Å². The molecular weight excluding hydrogens is 192 g/mol. The summed E-state index contributed by atoms with van der Waals surface area (Å²) in [6, 6.07) is 6.87. The van der Waals surface area contributed by atoms with E-state index in [1.54, 1.807) is 0 Å². The van der Waals surface area contributed by atoms with Crippen LogP contribution in [0.15, 0.2) is 6.07 Å². The second-order valence-corrected chi connectivity index (χ2v) is 3.31. The van der Waals surface area contributed by atoms with Gasteiger partial charge in [-0.3, -0.25) is 0 Å². The van der Waals surface area contributed by atoms with E-state index in [0.717, 1.165) is 16.7 Å².